The van der Waals surface area contributed by atoms with Crippen molar-refractivity contribution in [1.82, 2.24) is 9.62 Å². The summed E-state index contributed by atoms with van der Waals surface area (Å²) < 4.78 is 28.0. The van der Waals surface area contributed by atoms with Gasteiger partial charge in [-0.1, -0.05) is 32.9 Å². The Morgan fingerprint density at radius 3 is 2.48 bits per heavy atom. The fourth-order valence-corrected chi connectivity index (χ4v) is 4.80. The van der Waals surface area contributed by atoms with Crippen molar-refractivity contribution in [2.75, 3.05) is 19.6 Å². The van der Waals surface area contributed by atoms with Crippen LogP contribution >= 0.6 is 0 Å². The molecule has 1 saturated heterocycles. The Morgan fingerprint density at radius 1 is 1.28 bits per heavy atom. The van der Waals surface area contributed by atoms with E-state index in [0.717, 1.165) is 31.5 Å². The molecule has 6 nitrogen and oxygen atoms in total. The summed E-state index contributed by atoms with van der Waals surface area (Å²) in [6, 6.07) is 6.99. The van der Waals surface area contributed by atoms with E-state index in [2.05, 4.69) is 26.1 Å². The van der Waals surface area contributed by atoms with Crippen molar-refractivity contribution in [3.05, 3.63) is 29.8 Å². The third-order valence-electron chi connectivity index (χ3n) is 4.60. The molecule has 0 aromatic heterocycles. The van der Waals surface area contributed by atoms with Crippen molar-refractivity contribution in [2.45, 2.75) is 56.4 Å². The highest BCUT2D eigenvalue weighted by Gasteiger charge is 2.33. The molecule has 1 aromatic rings. The van der Waals surface area contributed by atoms with Crippen LogP contribution in [0.2, 0.25) is 0 Å². The standard InChI is InChI=1S/C18H29N3O3S/c1-18(2,3)14-5-4-6-16(13-14)25(23,24)21(12-9-17(19)22)15-7-10-20-11-8-15/h4-6,13,15,20H,7-12H2,1-3H3,(H2,19,22). The van der Waals surface area contributed by atoms with Crippen LogP contribution in [-0.2, 0) is 20.2 Å². The van der Waals surface area contributed by atoms with Gasteiger partial charge in [-0.05, 0) is 49.0 Å². The largest absolute Gasteiger partial charge is 0.370 e. The number of sulfonamides is 1. The van der Waals surface area contributed by atoms with Crippen LogP contribution in [-0.4, -0.2) is 44.3 Å². The molecule has 3 N–H and O–H groups in total. The Hall–Kier alpha value is -1.44. The predicted octanol–water partition coefficient (Wildman–Crippen LogP) is 1.60. The number of carbonyl (C=O) groups excluding carboxylic acids is 1. The van der Waals surface area contributed by atoms with E-state index in [1.54, 1.807) is 18.2 Å². The number of piperidine rings is 1. The Morgan fingerprint density at radius 2 is 1.92 bits per heavy atom. The van der Waals surface area contributed by atoms with E-state index in [4.69, 9.17) is 5.73 Å². The second-order valence-electron chi connectivity index (χ2n) is 7.59. The molecule has 0 bridgehead atoms. The topological polar surface area (TPSA) is 92.5 Å². The average molecular weight is 368 g/mol. The lowest BCUT2D eigenvalue weighted by atomic mass is 9.87. The quantitative estimate of drug-likeness (QED) is 0.799. The zero-order valence-corrected chi connectivity index (χ0v) is 16.1. The van der Waals surface area contributed by atoms with Gasteiger partial charge < -0.3 is 11.1 Å². The molecule has 1 aromatic carbocycles. The lowest BCUT2D eigenvalue weighted by molar-refractivity contribution is -0.118. The molecule has 0 radical (unpaired) electrons. The molecule has 0 atom stereocenters. The minimum absolute atomic E-state index is 0.0299. The fourth-order valence-electron chi connectivity index (χ4n) is 3.07. The van der Waals surface area contributed by atoms with E-state index in [-0.39, 0.29) is 29.3 Å². The number of benzene rings is 1. The van der Waals surface area contributed by atoms with E-state index in [9.17, 15) is 13.2 Å². The lowest BCUT2D eigenvalue weighted by Crippen LogP contribution is -2.47. The summed E-state index contributed by atoms with van der Waals surface area (Å²) in [5.41, 5.74) is 6.09. The van der Waals surface area contributed by atoms with E-state index in [1.165, 1.54) is 4.31 Å². The molecule has 0 unspecified atom stereocenters. The predicted molar refractivity (Wildman–Crippen MR) is 98.7 cm³/mol. The van der Waals surface area contributed by atoms with Crippen LogP contribution < -0.4 is 11.1 Å². The molecule has 1 aliphatic rings. The summed E-state index contributed by atoms with van der Waals surface area (Å²) >= 11 is 0. The molecule has 0 saturated carbocycles. The Labute approximate surface area is 150 Å². The van der Waals surface area contributed by atoms with Crippen LogP contribution in [0.5, 0.6) is 0 Å². The summed E-state index contributed by atoms with van der Waals surface area (Å²) in [7, 11) is -3.68. The molecule has 1 fully saturated rings. The van der Waals surface area contributed by atoms with Gasteiger partial charge in [0.2, 0.25) is 15.9 Å². The van der Waals surface area contributed by atoms with Gasteiger partial charge in [0.25, 0.3) is 0 Å². The van der Waals surface area contributed by atoms with Gasteiger partial charge in [-0.2, -0.15) is 4.31 Å². The lowest BCUT2D eigenvalue weighted by Gasteiger charge is -2.33. The summed E-state index contributed by atoms with van der Waals surface area (Å²) in [4.78, 5) is 11.5. The average Bonchev–Trinajstić information content (AvgIpc) is 2.55. The van der Waals surface area contributed by atoms with Gasteiger partial charge in [-0.15, -0.1) is 0 Å². The molecule has 7 heteroatoms. The second kappa shape index (κ2) is 7.85. The molecule has 1 amide bonds. The van der Waals surface area contributed by atoms with Gasteiger partial charge in [-0.3, -0.25) is 4.79 Å². The number of nitrogens with two attached hydrogens (primary N) is 1. The monoisotopic (exact) mass is 367 g/mol. The molecule has 2 rings (SSSR count). The van der Waals surface area contributed by atoms with Gasteiger partial charge in [0.1, 0.15) is 0 Å². The highest BCUT2D eigenvalue weighted by molar-refractivity contribution is 7.89. The summed E-state index contributed by atoms with van der Waals surface area (Å²) in [5, 5.41) is 3.24. The van der Waals surface area contributed by atoms with Crippen molar-refractivity contribution in [1.29, 1.82) is 0 Å². The van der Waals surface area contributed by atoms with Crippen LogP contribution in [0.15, 0.2) is 29.2 Å². The molecule has 1 heterocycles. The van der Waals surface area contributed by atoms with Gasteiger partial charge >= 0.3 is 0 Å². The number of carbonyl (C=O) groups is 1. The van der Waals surface area contributed by atoms with Crippen molar-refractivity contribution >= 4 is 15.9 Å². The Balaban J connectivity index is 2.38. The van der Waals surface area contributed by atoms with Crippen molar-refractivity contribution in [3.63, 3.8) is 0 Å². The maximum atomic E-state index is 13.3. The summed E-state index contributed by atoms with van der Waals surface area (Å²) in [6.07, 6.45) is 1.50. The Bertz CT molecular complexity index is 705. The Kier molecular flexibility index (Phi) is 6.24. The zero-order chi connectivity index (χ0) is 18.7. The van der Waals surface area contributed by atoms with Gasteiger partial charge in [0.15, 0.2) is 0 Å². The maximum absolute atomic E-state index is 13.3. The smallest absolute Gasteiger partial charge is 0.243 e. The van der Waals surface area contributed by atoms with Gasteiger partial charge in [0.05, 0.1) is 4.90 Å². The van der Waals surface area contributed by atoms with Crippen LogP contribution in [0.25, 0.3) is 0 Å². The molecule has 0 spiro atoms. The fraction of sp³-hybridized carbons (Fsp3) is 0.611. The van der Waals surface area contributed by atoms with Crippen molar-refractivity contribution in [2.24, 2.45) is 5.73 Å². The van der Waals surface area contributed by atoms with Crippen LogP contribution in [0.4, 0.5) is 0 Å². The highest BCUT2D eigenvalue weighted by atomic mass is 32.2. The first-order valence-electron chi connectivity index (χ1n) is 8.74. The first-order valence-corrected chi connectivity index (χ1v) is 10.2. The number of hydrogen-bond donors (Lipinski definition) is 2. The minimum atomic E-state index is -3.68. The number of hydrogen-bond acceptors (Lipinski definition) is 4. The van der Waals surface area contributed by atoms with Crippen molar-refractivity contribution < 1.29 is 13.2 Å². The number of nitrogens with zero attached hydrogens (tertiary/aromatic N) is 1. The SMILES string of the molecule is CC(C)(C)c1cccc(S(=O)(=O)N(CCC(N)=O)C2CCNCC2)c1. The van der Waals surface area contributed by atoms with Crippen LogP contribution in [0.3, 0.4) is 0 Å². The number of primary amides is 1. The minimum Gasteiger partial charge on any atom is -0.370 e. The maximum Gasteiger partial charge on any atom is 0.243 e. The molecular weight excluding hydrogens is 338 g/mol. The van der Waals surface area contributed by atoms with Gasteiger partial charge in [-0.25, -0.2) is 8.42 Å². The number of amides is 1. The summed E-state index contributed by atoms with van der Waals surface area (Å²) in [5.74, 6) is -0.488. The second-order valence-corrected chi connectivity index (χ2v) is 9.48. The third-order valence-corrected chi connectivity index (χ3v) is 6.55. The summed E-state index contributed by atoms with van der Waals surface area (Å²) in [6.45, 7) is 7.83. The van der Waals surface area contributed by atoms with Crippen molar-refractivity contribution in [3.8, 4) is 0 Å². The highest BCUT2D eigenvalue weighted by Crippen LogP contribution is 2.28. The first-order chi connectivity index (χ1) is 11.6. The molecule has 1 aliphatic heterocycles. The normalized spacial score (nSPS) is 17.0. The zero-order valence-electron chi connectivity index (χ0n) is 15.3. The van der Waals surface area contributed by atoms with E-state index in [0.29, 0.717) is 0 Å². The van der Waals surface area contributed by atoms with Crippen LogP contribution in [0, 0.1) is 0 Å². The van der Waals surface area contributed by atoms with E-state index < -0.39 is 15.9 Å². The number of rotatable bonds is 6. The molecule has 0 aliphatic carbocycles. The molecule has 140 valence electrons. The van der Waals surface area contributed by atoms with E-state index in [1.807, 2.05) is 6.07 Å². The molecular formula is C18H29N3O3S. The number of nitrogens with one attached hydrogen (secondary N) is 1. The van der Waals surface area contributed by atoms with Crippen LogP contribution in [0.1, 0.15) is 45.6 Å². The first kappa shape index (κ1) is 19.9. The van der Waals surface area contributed by atoms with Gasteiger partial charge in [0, 0.05) is 19.0 Å². The third kappa shape index (κ3) is 5.03. The van der Waals surface area contributed by atoms with E-state index >= 15 is 0 Å². The molecule has 25 heavy (non-hydrogen) atoms.